The summed E-state index contributed by atoms with van der Waals surface area (Å²) < 4.78 is 5.99. The van der Waals surface area contributed by atoms with Crippen molar-refractivity contribution in [2.45, 2.75) is 38.4 Å². The van der Waals surface area contributed by atoms with Crippen molar-refractivity contribution in [1.29, 1.82) is 0 Å². The molecule has 2 N–H and O–H groups in total. The number of aromatic amines is 1. The van der Waals surface area contributed by atoms with Crippen molar-refractivity contribution in [2.24, 2.45) is 11.8 Å². The molecule has 4 atom stereocenters. The number of carbonyl (C=O) groups is 1. The molecule has 1 aromatic heterocycles. The Morgan fingerprint density at radius 2 is 1.96 bits per heavy atom. The van der Waals surface area contributed by atoms with E-state index in [9.17, 15) is 4.79 Å². The summed E-state index contributed by atoms with van der Waals surface area (Å²) in [5.74, 6) is 1.14. The molecular weight excluding hydrogens is 314 g/mol. The molecule has 25 heavy (non-hydrogen) atoms. The van der Waals surface area contributed by atoms with Crippen LogP contribution in [0.5, 0.6) is 0 Å². The number of hydrogen-bond donors (Lipinski definition) is 2. The van der Waals surface area contributed by atoms with Gasteiger partial charge in [0, 0.05) is 48.1 Å². The van der Waals surface area contributed by atoms with Gasteiger partial charge in [-0.15, -0.1) is 0 Å². The van der Waals surface area contributed by atoms with E-state index in [2.05, 4.69) is 35.4 Å². The number of ether oxygens (including phenoxy) is 1. The number of aryl methyl sites for hydroxylation is 1. The van der Waals surface area contributed by atoms with Crippen LogP contribution in [0.2, 0.25) is 0 Å². The van der Waals surface area contributed by atoms with Gasteiger partial charge < -0.3 is 19.9 Å². The molecule has 3 aliphatic heterocycles. The van der Waals surface area contributed by atoms with E-state index in [1.54, 1.807) is 0 Å². The molecule has 4 heterocycles. The maximum Gasteiger partial charge on any atom is 0.317 e. The molecule has 2 amide bonds. The Balaban J connectivity index is 1.19. The summed E-state index contributed by atoms with van der Waals surface area (Å²) in [7, 11) is 0. The first-order valence-electron chi connectivity index (χ1n) is 9.45. The summed E-state index contributed by atoms with van der Waals surface area (Å²) in [4.78, 5) is 18.0. The highest BCUT2D eigenvalue weighted by Crippen LogP contribution is 2.47. The molecule has 1 aromatic carbocycles. The molecule has 0 aliphatic carbocycles. The Morgan fingerprint density at radius 3 is 2.72 bits per heavy atom. The number of aromatic nitrogens is 1. The highest BCUT2D eigenvalue weighted by Gasteiger charge is 2.53. The maximum absolute atomic E-state index is 12.6. The second-order valence-electron chi connectivity index (χ2n) is 7.78. The summed E-state index contributed by atoms with van der Waals surface area (Å²) in [5.41, 5.74) is 3.67. The molecule has 0 radical (unpaired) electrons. The van der Waals surface area contributed by atoms with Crippen LogP contribution in [0, 0.1) is 18.8 Å². The normalized spacial score (nSPS) is 30.2. The minimum absolute atomic E-state index is 0.0892. The summed E-state index contributed by atoms with van der Waals surface area (Å²) in [6, 6.07) is 8.45. The van der Waals surface area contributed by atoms with Crippen molar-refractivity contribution in [3.05, 3.63) is 35.5 Å². The van der Waals surface area contributed by atoms with Crippen molar-refractivity contribution in [2.75, 3.05) is 19.6 Å². The van der Waals surface area contributed by atoms with Gasteiger partial charge in [-0.05, 0) is 37.8 Å². The van der Waals surface area contributed by atoms with Crippen LogP contribution in [0.15, 0.2) is 24.3 Å². The van der Waals surface area contributed by atoms with Crippen LogP contribution in [0.1, 0.15) is 24.1 Å². The van der Waals surface area contributed by atoms with Crippen LogP contribution in [0.4, 0.5) is 4.79 Å². The summed E-state index contributed by atoms with van der Waals surface area (Å²) in [5, 5.41) is 4.39. The smallest absolute Gasteiger partial charge is 0.317 e. The highest BCUT2D eigenvalue weighted by molar-refractivity contribution is 5.84. The molecule has 2 aromatic rings. The predicted molar refractivity (Wildman–Crippen MR) is 96.6 cm³/mol. The number of benzene rings is 1. The molecule has 0 spiro atoms. The number of urea groups is 1. The molecule has 3 saturated heterocycles. The van der Waals surface area contributed by atoms with E-state index >= 15 is 0 Å². The van der Waals surface area contributed by atoms with E-state index in [-0.39, 0.29) is 6.03 Å². The van der Waals surface area contributed by atoms with E-state index in [0.29, 0.717) is 30.6 Å². The number of nitrogens with zero attached hydrogens (tertiary/aromatic N) is 1. The molecule has 0 unspecified atom stereocenters. The number of nitrogens with one attached hydrogen (secondary N) is 2. The molecule has 3 aliphatic rings. The first kappa shape index (κ1) is 15.3. The van der Waals surface area contributed by atoms with Crippen LogP contribution < -0.4 is 5.32 Å². The van der Waals surface area contributed by atoms with Gasteiger partial charge in [0.25, 0.3) is 0 Å². The molecule has 5 heteroatoms. The van der Waals surface area contributed by atoms with Crippen LogP contribution in [0.3, 0.4) is 0 Å². The molecule has 5 rings (SSSR count). The Bertz CT molecular complexity index is 796. The van der Waals surface area contributed by atoms with E-state index in [1.807, 2.05) is 11.0 Å². The molecule has 0 saturated carbocycles. The number of likely N-dealkylation sites (tertiary alicyclic amines) is 1. The van der Waals surface area contributed by atoms with Gasteiger partial charge in [0.05, 0.1) is 12.2 Å². The average Bonchev–Trinajstić information content (AvgIpc) is 3.35. The zero-order valence-electron chi connectivity index (χ0n) is 14.6. The molecule has 2 bridgehead atoms. The van der Waals surface area contributed by atoms with Crippen LogP contribution in [0.25, 0.3) is 10.9 Å². The summed E-state index contributed by atoms with van der Waals surface area (Å²) >= 11 is 0. The van der Waals surface area contributed by atoms with Crippen molar-refractivity contribution in [3.63, 3.8) is 0 Å². The Kier molecular flexibility index (Phi) is 3.52. The number of fused-ring (bicyclic) bond motifs is 6. The standard InChI is InChI=1S/C20H25N3O2/c1-12-13(14-4-2-3-5-17(14)22-12)8-9-21-20(24)23-10-15-16(11-23)19-7-6-18(15)25-19/h2-5,15-16,18-19,22H,6-11H2,1H3,(H,21,24)/t15-,16-,18+,19+/m0/s1. The molecule has 5 nitrogen and oxygen atoms in total. The van der Waals surface area contributed by atoms with E-state index in [1.165, 1.54) is 35.0 Å². The lowest BCUT2D eigenvalue weighted by Gasteiger charge is -2.19. The van der Waals surface area contributed by atoms with Crippen molar-refractivity contribution in [3.8, 4) is 0 Å². The third-order valence-corrected chi connectivity index (χ3v) is 6.42. The number of hydrogen-bond acceptors (Lipinski definition) is 2. The van der Waals surface area contributed by atoms with Gasteiger partial charge >= 0.3 is 6.03 Å². The SMILES string of the molecule is Cc1[nH]c2ccccc2c1CCNC(=O)N1C[C@H]2[C@H](C1)[C@H]1CC[C@H]2O1. The van der Waals surface area contributed by atoms with E-state index in [4.69, 9.17) is 4.74 Å². The largest absolute Gasteiger partial charge is 0.374 e. The van der Waals surface area contributed by atoms with Crippen molar-refractivity contribution >= 4 is 16.9 Å². The lowest BCUT2D eigenvalue weighted by Crippen LogP contribution is -2.40. The number of rotatable bonds is 3. The Morgan fingerprint density at radius 1 is 1.24 bits per heavy atom. The number of amides is 2. The van der Waals surface area contributed by atoms with Crippen molar-refractivity contribution in [1.82, 2.24) is 15.2 Å². The molecule has 132 valence electrons. The fraction of sp³-hybridized carbons (Fsp3) is 0.550. The first-order chi connectivity index (χ1) is 12.2. The highest BCUT2D eigenvalue weighted by atomic mass is 16.5. The second kappa shape index (κ2) is 5.77. The maximum atomic E-state index is 12.6. The Labute approximate surface area is 147 Å². The quantitative estimate of drug-likeness (QED) is 0.903. The lowest BCUT2D eigenvalue weighted by molar-refractivity contribution is 0.0739. The Hall–Kier alpha value is -2.01. The fourth-order valence-electron chi connectivity index (χ4n) is 5.19. The molecule has 3 fully saturated rings. The first-order valence-corrected chi connectivity index (χ1v) is 9.45. The topological polar surface area (TPSA) is 57.4 Å². The van der Waals surface area contributed by atoms with E-state index < -0.39 is 0 Å². The van der Waals surface area contributed by atoms with Gasteiger partial charge in [-0.2, -0.15) is 0 Å². The van der Waals surface area contributed by atoms with Gasteiger partial charge in [0.15, 0.2) is 0 Å². The number of para-hydroxylation sites is 1. The third kappa shape index (κ3) is 2.44. The van der Waals surface area contributed by atoms with E-state index in [0.717, 1.165) is 19.5 Å². The average molecular weight is 339 g/mol. The molecular formula is C20H25N3O2. The fourth-order valence-corrected chi connectivity index (χ4v) is 5.19. The van der Waals surface area contributed by atoms with Crippen LogP contribution in [-0.4, -0.2) is 47.8 Å². The van der Waals surface area contributed by atoms with Gasteiger partial charge in [-0.3, -0.25) is 0 Å². The van der Waals surface area contributed by atoms with Gasteiger partial charge in [-0.25, -0.2) is 4.79 Å². The monoisotopic (exact) mass is 339 g/mol. The van der Waals surface area contributed by atoms with Crippen molar-refractivity contribution < 1.29 is 9.53 Å². The van der Waals surface area contributed by atoms with Crippen LogP contribution in [-0.2, 0) is 11.2 Å². The third-order valence-electron chi connectivity index (χ3n) is 6.42. The summed E-state index contributed by atoms with van der Waals surface area (Å²) in [6.45, 7) is 4.51. The predicted octanol–water partition coefficient (Wildman–Crippen LogP) is 2.84. The van der Waals surface area contributed by atoms with Gasteiger partial charge in [0.1, 0.15) is 0 Å². The van der Waals surface area contributed by atoms with Gasteiger partial charge in [0.2, 0.25) is 0 Å². The number of carbonyl (C=O) groups excluding carboxylic acids is 1. The number of H-pyrrole nitrogens is 1. The zero-order chi connectivity index (χ0) is 17.0. The van der Waals surface area contributed by atoms with Crippen LogP contribution >= 0.6 is 0 Å². The second-order valence-corrected chi connectivity index (χ2v) is 7.78. The minimum atomic E-state index is 0.0892. The minimum Gasteiger partial charge on any atom is -0.374 e. The lowest BCUT2D eigenvalue weighted by atomic mass is 9.82. The zero-order valence-corrected chi connectivity index (χ0v) is 14.6. The van der Waals surface area contributed by atoms with Gasteiger partial charge in [-0.1, -0.05) is 18.2 Å². The summed E-state index contributed by atoms with van der Waals surface area (Å²) in [6.07, 6.45) is 4.03.